The van der Waals surface area contributed by atoms with Gasteiger partial charge in [0.05, 0.1) is 6.61 Å². The Morgan fingerprint density at radius 1 is 1.70 bits per heavy atom. The Morgan fingerprint density at radius 2 is 2.45 bits per heavy atom. The Labute approximate surface area is 122 Å². The molecule has 1 heterocycles. The fourth-order valence-corrected chi connectivity index (χ4v) is 2.66. The molecule has 0 saturated heterocycles. The maximum absolute atomic E-state index is 12.5. The number of methoxy groups -OCH3 is 1. The molecule has 0 bridgehead atoms. The molecule has 1 amide bonds. The van der Waals surface area contributed by atoms with E-state index in [1.807, 2.05) is 0 Å². The first-order chi connectivity index (χ1) is 9.65. The van der Waals surface area contributed by atoms with Gasteiger partial charge in [0.25, 0.3) is 5.91 Å². The topological polar surface area (TPSA) is 80.5 Å². The number of nitrogen functional groups attached to an aromatic ring is 1. The van der Waals surface area contributed by atoms with Gasteiger partial charge < -0.3 is 20.7 Å². The van der Waals surface area contributed by atoms with Crippen molar-refractivity contribution in [2.75, 3.05) is 37.9 Å². The van der Waals surface area contributed by atoms with Crippen LogP contribution in [0.25, 0.3) is 0 Å². The second-order valence-electron chi connectivity index (χ2n) is 4.68. The van der Waals surface area contributed by atoms with Gasteiger partial charge in [-0.2, -0.15) is 0 Å². The maximum Gasteiger partial charge on any atom is 0.268 e. The first-order valence-electron chi connectivity index (χ1n) is 6.57. The molecule has 0 aromatic carbocycles. The molecule has 20 heavy (non-hydrogen) atoms. The minimum Gasteiger partial charge on any atom is -0.383 e. The molecule has 110 valence electrons. The minimum absolute atomic E-state index is 0.124. The van der Waals surface area contributed by atoms with Crippen LogP contribution in [0.3, 0.4) is 0 Å². The molecule has 1 aromatic heterocycles. The number of aromatic nitrogens is 1. The molecule has 1 aromatic rings. The number of ether oxygens (including phenoxy) is 1. The standard InChI is InChI=1S/C13H20N4O2S/c1-3-6-17(7-8-19-2)12(18)10-11(14)16-13(20-10)15-9-4-5-9/h3,9H,1,4-8,14H2,2H3,(H,15,16). The van der Waals surface area contributed by atoms with E-state index in [9.17, 15) is 4.79 Å². The fourth-order valence-electron chi connectivity index (χ4n) is 1.73. The van der Waals surface area contributed by atoms with Crippen LogP contribution in [-0.4, -0.2) is 48.6 Å². The van der Waals surface area contributed by atoms with Crippen LogP contribution < -0.4 is 11.1 Å². The van der Waals surface area contributed by atoms with Crippen molar-refractivity contribution >= 4 is 28.2 Å². The van der Waals surface area contributed by atoms with Crippen molar-refractivity contribution in [3.05, 3.63) is 17.5 Å². The van der Waals surface area contributed by atoms with Gasteiger partial charge in [-0.05, 0) is 12.8 Å². The second kappa shape index (κ2) is 6.71. The van der Waals surface area contributed by atoms with Gasteiger partial charge in [-0.25, -0.2) is 4.98 Å². The van der Waals surface area contributed by atoms with Crippen molar-refractivity contribution in [2.24, 2.45) is 0 Å². The Bertz CT molecular complexity index is 485. The van der Waals surface area contributed by atoms with Gasteiger partial charge in [0.1, 0.15) is 10.7 Å². The number of nitrogens with two attached hydrogens (primary N) is 1. The third kappa shape index (κ3) is 3.71. The highest BCUT2D eigenvalue weighted by atomic mass is 32.1. The number of nitrogens with one attached hydrogen (secondary N) is 1. The van der Waals surface area contributed by atoms with Crippen molar-refractivity contribution in [3.8, 4) is 0 Å². The average Bonchev–Trinajstić information content (AvgIpc) is 3.16. The molecule has 1 aliphatic carbocycles. The number of amides is 1. The van der Waals surface area contributed by atoms with E-state index in [1.54, 1.807) is 18.1 Å². The summed E-state index contributed by atoms with van der Waals surface area (Å²) < 4.78 is 5.02. The number of carbonyl (C=O) groups excluding carboxylic acids is 1. The van der Waals surface area contributed by atoms with Crippen molar-refractivity contribution in [2.45, 2.75) is 18.9 Å². The molecule has 0 aliphatic heterocycles. The molecular formula is C13H20N4O2S. The summed E-state index contributed by atoms with van der Waals surface area (Å²) in [5.41, 5.74) is 5.86. The normalized spacial score (nSPS) is 14.1. The molecule has 0 spiro atoms. The SMILES string of the molecule is C=CCN(CCOC)C(=O)c1sc(NC2CC2)nc1N. The molecule has 2 rings (SSSR count). The number of anilines is 2. The Morgan fingerprint density at radius 3 is 3.05 bits per heavy atom. The summed E-state index contributed by atoms with van der Waals surface area (Å²) >= 11 is 1.31. The molecule has 7 heteroatoms. The summed E-state index contributed by atoms with van der Waals surface area (Å²) in [4.78, 5) is 18.8. The summed E-state index contributed by atoms with van der Waals surface area (Å²) in [6, 6.07) is 0.487. The van der Waals surface area contributed by atoms with Crippen LogP contribution in [0.2, 0.25) is 0 Å². The van der Waals surface area contributed by atoms with Crippen LogP contribution in [0.1, 0.15) is 22.5 Å². The van der Waals surface area contributed by atoms with E-state index in [0.29, 0.717) is 30.6 Å². The van der Waals surface area contributed by atoms with Gasteiger partial charge in [-0.3, -0.25) is 4.79 Å². The van der Waals surface area contributed by atoms with E-state index in [1.165, 1.54) is 11.3 Å². The van der Waals surface area contributed by atoms with Crippen LogP contribution in [0.15, 0.2) is 12.7 Å². The zero-order valence-electron chi connectivity index (χ0n) is 11.6. The Kier molecular flexibility index (Phi) is 4.97. The lowest BCUT2D eigenvalue weighted by Gasteiger charge is -2.19. The van der Waals surface area contributed by atoms with Crippen molar-refractivity contribution in [1.29, 1.82) is 0 Å². The van der Waals surface area contributed by atoms with E-state index in [4.69, 9.17) is 10.5 Å². The van der Waals surface area contributed by atoms with E-state index in [-0.39, 0.29) is 11.7 Å². The average molecular weight is 296 g/mol. The zero-order chi connectivity index (χ0) is 14.5. The fraction of sp³-hybridized carbons (Fsp3) is 0.538. The molecule has 1 aliphatic rings. The highest BCUT2D eigenvalue weighted by Gasteiger charge is 2.25. The molecular weight excluding hydrogens is 276 g/mol. The lowest BCUT2D eigenvalue weighted by molar-refractivity contribution is 0.0723. The minimum atomic E-state index is -0.124. The van der Waals surface area contributed by atoms with Gasteiger partial charge in [0, 0.05) is 26.2 Å². The zero-order valence-corrected chi connectivity index (χ0v) is 12.4. The quantitative estimate of drug-likeness (QED) is 0.712. The van der Waals surface area contributed by atoms with E-state index < -0.39 is 0 Å². The van der Waals surface area contributed by atoms with E-state index in [0.717, 1.165) is 18.0 Å². The summed E-state index contributed by atoms with van der Waals surface area (Å²) in [5, 5.41) is 3.98. The number of thiazole rings is 1. The van der Waals surface area contributed by atoms with Gasteiger partial charge in [-0.1, -0.05) is 17.4 Å². The van der Waals surface area contributed by atoms with Crippen LogP contribution in [-0.2, 0) is 4.74 Å². The second-order valence-corrected chi connectivity index (χ2v) is 5.68. The largest absolute Gasteiger partial charge is 0.383 e. The van der Waals surface area contributed by atoms with Crippen LogP contribution in [0.4, 0.5) is 10.9 Å². The van der Waals surface area contributed by atoms with Gasteiger partial charge in [0.15, 0.2) is 5.13 Å². The summed E-state index contributed by atoms with van der Waals surface area (Å²) in [7, 11) is 1.61. The first kappa shape index (κ1) is 14.8. The molecule has 0 radical (unpaired) electrons. The summed E-state index contributed by atoms with van der Waals surface area (Å²) in [5.74, 6) is 0.162. The van der Waals surface area contributed by atoms with Crippen molar-refractivity contribution < 1.29 is 9.53 Å². The summed E-state index contributed by atoms with van der Waals surface area (Å²) in [6.45, 7) is 5.11. The third-order valence-electron chi connectivity index (χ3n) is 2.95. The predicted molar refractivity (Wildman–Crippen MR) is 81.1 cm³/mol. The molecule has 1 fully saturated rings. The number of nitrogens with zero attached hydrogens (tertiary/aromatic N) is 2. The third-order valence-corrected chi connectivity index (χ3v) is 3.94. The smallest absolute Gasteiger partial charge is 0.268 e. The maximum atomic E-state index is 12.5. The van der Waals surface area contributed by atoms with E-state index in [2.05, 4.69) is 16.9 Å². The van der Waals surface area contributed by atoms with Crippen LogP contribution in [0.5, 0.6) is 0 Å². The molecule has 1 saturated carbocycles. The van der Waals surface area contributed by atoms with E-state index >= 15 is 0 Å². The predicted octanol–water partition coefficient (Wildman–Crippen LogP) is 1.57. The first-order valence-corrected chi connectivity index (χ1v) is 7.39. The van der Waals surface area contributed by atoms with Gasteiger partial charge >= 0.3 is 0 Å². The van der Waals surface area contributed by atoms with Gasteiger partial charge in [0.2, 0.25) is 0 Å². The van der Waals surface area contributed by atoms with Gasteiger partial charge in [-0.15, -0.1) is 6.58 Å². The van der Waals surface area contributed by atoms with Crippen molar-refractivity contribution in [3.63, 3.8) is 0 Å². The Balaban J connectivity index is 2.08. The number of carbonyl (C=O) groups is 1. The molecule has 3 N–H and O–H groups in total. The molecule has 6 nitrogen and oxygen atoms in total. The van der Waals surface area contributed by atoms with Crippen LogP contribution >= 0.6 is 11.3 Å². The number of hydrogen-bond donors (Lipinski definition) is 2. The monoisotopic (exact) mass is 296 g/mol. The Hall–Kier alpha value is -1.60. The van der Waals surface area contributed by atoms with Crippen molar-refractivity contribution in [1.82, 2.24) is 9.88 Å². The highest BCUT2D eigenvalue weighted by Crippen LogP contribution is 2.31. The molecule has 0 atom stereocenters. The molecule has 0 unspecified atom stereocenters. The van der Waals surface area contributed by atoms with Crippen LogP contribution in [0, 0.1) is 0 Å². The summed E-state index contributed by atoms with van der Waals surface area (Å²) in [6.07, 6.45) is 3.99. The highest BCUT2D eigenvalue weighted by molar-refractivity contribution is 7.18. The number of rotatable bonds is 8. The lowest BCUT2D eigenvalue weighted by Crippen LogP contribution is -2.34. The number of hydrogen-bond acceptors (Lipinski definition) is 6. The lowest BCUT2D eigenvalue weighted by atomic mass is 10.3.